The summed E-state index contributed by atoms with van der Waals surface area (Å²) in [5, 5.41) is 5.82. The van der Waals surface area contributed by atoms with Gasteiger partial charge in [0.05, 0.1) is 24.2 Å². The molecule has 3 aromatic rings. The molecule has 1 aliphatic heterocycles. The van der Waals surface area contributed by atoms with Crippen LogP contribution in [0.15, 0.2) is 36.5 Å². The van der Waals surface area contributed by atoms with Gasteiger partial charge in [-0.05, 0) is 56.8 Å². The Hall–Kier alpha value is -4.03. The third-order valence-corrected chi connectivity index (χ3v) is 6.95. The standard InChI is InChI=1S/C28H31ClF2N6O4/c1-36(2)15-23(38)33-17-8-10-37(11-9-17)28(40)20-6-5-18(13-21(20)29)35-27(39)26-32-14-19(34-26)12-16-4-7-22(41-3)25(31)24(16)30/h4-7,13-14,17H,8-12,15H2,1-3H3,(H,32,34)(H,33,38)(H,35,39). The van der Waals surface area contributed by atoms with Crippen molar-refractivity contribution in [2.24, 2.45) is 0 Å². The number of H-pyrrole nitrogens is 1. The minimum atomic E-state index is -1.09. The zero-order valence-corrected chi connectivity index (χ0v) is 23.6. The molecule has 0 atom stereocenters. The molecule has 0 unspecified atom stereocenters. The SMILES string of the molecule is COc1ccc(Cc2cnc(C(=O)Nc3ccc(C(=O)N4CCC(NC(=O)CN(C)C)CC4)c(Cl)c3)[nH]2)c(F)c1F. The highest BCUT2D eigenvalue weighted by atomic mass is 35.5. The number of carbonyl (C=O) groups excluding carboxylic acids is 3. The number of imidazole rings is 1. The first-order chi connectivity index (χ1) is 19.5. The van der Waals surface area contributed by atoms with Crippen molar-refractivity contribution in [2.45, 2.75) is 25.3 Å². The van der Waals surface area contributed by atoms with Crippen molar-refractivity contribution in [3.8, 4) is 5.75 Å². The van der Waals surface area contributed by atoms with E-state index in [0.29, 0.717) is 49.4 Å². The first-order valence-electron chi connectivity index (χ1n) is 12.9. The van der Waals surface area contributed by atoms with E-state index >= 15 is 0 Å². The van der Waals surface area contributed by atoms with Crippen LogP contribution >= 0.6 is 11.6 Å². The summed E-state index contributed by atoms with van der Waals surface area (Å²) in [6.07, 6.45) is 2.63. The first-order valence-corrected chi connectivity index (χ1v) is 13.3. The summed E-state index contributed by atoms with van der Waals surface area (Å²) in [6.45, 7) is 1.27. The lowest BCUT2D eigenvalue weighted by atomic mass is 10.0. The molecule has 0 radical (unpaired) electrons. The zero-order chi connectivity index (χ0) is 29.7. The van der Waals surface area contributed by atoms with Gasteiger partial charge in [0, 0.05) is 43.1 Å². The Bertz CT molecular complexity index is 1440. The number of nitrogens with one attached hydrogen (secondary N) is 3. The second-order valence-corrected chi connectivity index (χ2v) is 10.4. The lowest BCUT2D eigenvalue weighted by molar-refractivity contribution is -0.122. The van der Waals surface area contributed by atoms with Gasteiger partial charge in [0.1, 0.15) is 0 Å². The quantitative estimate of drug-likeness (QED) is 0.352. The van der Waals surface area contributed by atoms with E-state index in [9.17, 15) is 23.2 Å². The van der Waals surface area contributed by atoms with E-state index in [1.54, 1.807) is 21.9 Å². The number of halogens is 3. The van der Waals surface area contributed by atoms with Crippen LogP contribution in [0.4, 0.5) is 14.5 Å². The minimum absolute atomic E-state index is 0.0121. The van der Waals surface area contributed by atoms with Crippen molar-refractivity contribution in [3.05, 3.63) is 75.8 Å². The monoisotopic (exact) mass is 588 g/mol. The zero-order valence-electron chi connectivity index (χ0n) is 22.9. The number of anilines is 1. The molecule has 2 heterocycles. The van der Waals surface area contributed by atoms with E-state index in [-0.39, 0.29) is 46.4 Å². The molecule has 0 bridgehead atoms. The van der Waals surface area contributed by atoms with E-state index in [4.69, 9.17) is 16.3 Å². The lowest BCUT2D eigenvalue weighted by Crippen LogP contribution is -2.48. The number of ether oxygens (including phenoxy) is 1. The Morgan fingerprint density at radius 1 is 1.15 bits per heavy atom. The molecule has 218 valence electrons. The van der Waals surface area contributed by atoms with Crippen molar-refractivity contribution >= 4 is 35.0 Å². The highest BCUT2D eigenvalue weighted by molar-refractivity contribution is 6.34. The van der Waals surface area contributed by atoms with Gasteiger partial charge in [-0.1, -0.05) is 17.7 Å². The van der Waals surface area contributed by atoms with E-state index in [0.717, 1.165) is 0 Å². The fraction of sp³-hybridized carbons (Fsp3) is 0.357. The topological polar surface area (TPSA) is 120 Å². The maximum atomic E-state index is 14.3. The summed E-state index contributed by atoms with van der Waals surface area (Å²) in [4.78, 5) is 48.1. The number of carbonyl (C=O) groups is 3. The number of nitrogens with zero attached hydrogens (tertiary/aromatic N) is 3. The van der Waals surface area contributed by atoms with Crippen LogP contribution in [0, 0.1) is 11.6 Å². The normalized spacial score (nSPS) is 13.8. The molecule has 13 heteroatoms. The van der Waals surface area contributed by atoms with E-state index in [2.05, 4.69) is 20.6 Å². The summed E-state index contributed by atoms with van der Waals surface area (Å²) >= 11 is 6.40. The molecule has 0 spiro atoms. The number of benzene rings is 2. The molecule has 1 aromatic heterocycles. The van der Waals surface area contributed by atoms with Crippen molar-refractivity contribution in [3.63, 3.8) is 0 Å². The maximum absolute atomic E-state index is 14.3. The number of piperidine rings is 1. The van der Waals surface area contributed by atoms with Gasteiger partial charge < -0.3 is 30.2 Å². The van der Waals surface area contributed by atoms with Crippen LogP contribution < -0.4 is 15.4 Å². The largest absolute Gasteiger partial charge is 0.494 e. The number of aromatic amines is 1. The summed E-state index contributed by atoms with van der Waals surface area (Å²) in [7, 11) is 4.90. The minimum Gasteiger partial charge on any atom is -0.494 e. The summed E-state index contributed by atoms with van der Waals surface area (Å²) < 4.78 is 33.1. The van der Waals surface area contributed by atoms with Gasteiger partial charge in [0.15, 0.2) is 17.4 Å². The van der Waals surface area contributed by atoms with Gasteiger partial charge in [-0.3, -0.25) is 14.4 Å². The summed E-state index contributed by atoms with van der Waals surface area (Å²) in [5.41, 5.74) is 1.12. The maximum Gasteiger partial charge on any atom is 0.291 e. The van der Waals surface area contributed by atoms with Crippen LogP contribution in [0.2, 0.25) is 5.02 Å². The summed E-state index contributed by atoms with van der Waals surface area (Å²) in [6, 6.07) is 7.31. The van der Waals surface area contributed by atoms with Gasteiger partial charge >= 0.3 is 0 Å². The Labute approximate surface area is 241 Å². The van der Waals surface area contributed by atoms with Crippen LogP contribution in [-0.2, 0) is 11.2 Å². The van der Waals surface area contributed by atoms with Crippen LogP contribution in [0.5, 0.6) is 5.75 Å². The molecule has 2 aromatic carbocycles. The van der Waals surface area contributed by atoms with Crippen molar-refractivity contribution in [2.75, 3.05) is 46.2 Å². The molecule has 1 fully saturated rings. The third-order valence-electron chi connectivity index (χ3n) is 6.64. The number of rotatable bonds is 9. The second-order valence-electron chi connectivity index (χ2n) is 10.0. The number of methoxy groups -OCH3 is 1. The molecule has 3 N–H and O–H groups in total. The average molecular weight is 589 g/mol. The number of likely N-dealkylation sites (tertiary alicyclic amines) is 1. The Kier molecular flexibility index (Phi) is 9.56. The predicted molar refractivity (Wildman–Crippen MR) is 149 cm³/mol. The molecule has 41 heavy (non-hydrogen) atoms. The van der Waals surface area contributed by atoms with Crippen LogP contribution in [-0.4, -0.2) is 84.4 Å². The van der Waals surface area contributed by atoms with Crippen molar-refractivity contribution in [1.29, 1.82) is 0 Å². The van der Waals surface area contributed by atoms with Gasteiger partial charge in [0.2, 0.25) is 11.7 Å². The number of hydrogen-bond donors (Lipinski definition) is 3. The molecule has 10 nitrogen and oxygen atoms in total. The second kappa shape index (κ2) is 13.1. The van der Waals surface area contributed by atoms with Gasteiger partial charge in [-0.2, -0.15) is 4.39 Å². The van der Waals surface area contributed by atoms with Crippen molar-refractivity contribution in [1.82, 2.24) is 25.1 Å². The summed E-state index contributed by atoms with van der Waals surface area (Å²) in [5.74, 6) is -3.22. The molecule has 0 aliphatic carbocycles. The number of hydrogen-bond acceptors (Lipinski definition) is 6. The van der Waals surface area contributed by atoms with Gasteiger partial charge in [-0.25, -0.2) is 9.37 Å². The number of likely N-dealkylation sites (N-methyl/N-ethyl adjacent to an activating group) is 1. The molecule has 3 amide bonds. The predicted octanol–water partition coefficient (Wildman–Crippen LogP) is 3.48. The molecular weight excluding hydrogens is 558 g/mol. The Morgan fingerprint density at radius 3 is 2.54 bits per heavy atom. The van der Waals surface area contributed by atoms with Crippen molar-refractivity contribution < 1.29 is 27.9 Å². The van der Waals surface area contributed by atoms with Crippen LogP contribution in [0.3, 0.4) is 0 Å². The molecule has 4 rings (SSSR count). The van der Waals surface area contributed by atoms with E-state index in [1.165, 1.54) is 31.5 Å². The third kappa shape index (κ3) is 7.39. The van der Waals surface area contributed by atoms with E-state index in [1.807, 2.05) is 14.1 Å². The first kappa shape index (κ1) is 29.9. The highest BCUT2D eigenvalue weighted by Gasteiger charge is 2.26. The Morgan fingerprint density at radius 2 is 1.88 bits per heavy atom. The number of aromatic nitrogens is 2. The fourth-order valence-electron chi connectivity index (χ4n) is 4.55. The molecule has 1 saturated heterocycles. The molecular formula is C28H31ClF2N6O4. The van der Waals surface area contributed by atoms with Crippen LogP contribution in [0.25, 0.3) is 0 Å². The lowest BCUT2D eigenvalue weighted by Gasteiger charge is -2.32. The Balaban J connectivity index is 1.33. The molecule has 0 saturated carbocycles. The van der Waals surface area contributed by atoms with Crippen LogP contribution in [0.1, 0.15) is 45.1 Å². The highest BCUT2D eigenvalue weighted by Crippen LogP contribution is 2.25. The van der Waals surface area contributed by atoms with Gasteiger partial charge in [-0.15, -0.1) is 0 Å². The number of amides is 3. The fourth-order valence-corrected chi connectivity index (χ4v) is 4.81. The van der Waals surface area contributed by atoms with Gasteiger partial charge in [0.25, 0.3) is 11.8 Å². The smallest absolute Gasteiger partial charge is 0.291 e. The molecule has 1 aliphatic rings. The van der Waals surface area contributed by atoms with E-state index < -0.39 is 17.5 Å². The average Bonchev–Trinajstić information content (AvgIpc) is 3.40.